The highest BCUT2D eigenvalue weighted by molar-refractivity contribution is 5.81. The molecule has 20 heavy (non-hydrogen) atoms. The van der Waals surface area contributed by atoms with E-state index >= 15 is 0 Å². The number of amides is 1. The molecule has 0 aliphatic heterocycles. The Morgan fingerprint density at radius 2 is 2.05 bits per heavy atom. The zero-order valence-corrected chi connectivity index (χ0v) is 12.4. The van der Waals surface area contributed by atoms with Crippen LogP contribution in [0.4, 0.5) is 4.39 Å². The highest BCUT2D eigenvalue weighted by atomic mass is 19.1. The molecule has 0 saturated heterocycles. The topological polar surface area (TPSA) is 58.4 Å². The van der Waals surface area contributed by atoms with Crippen molar-refractivity contribution in [2.45, 2.75) is 26.8 Å². The number of carbonyl (C=O) groups excluding carboxylic acids is 1. The molecule has 0 spiro atoms. The molecule has 0 aliphatic carbocycles. The predicted molar refractivity (Wildman–Crippen MR) is 78.9 cm³/mol. The van der Waals surface area contributed by atoms with Crippen molar-refractivity contribution in [1.29, 1.82) is 0 Å². The molecule has 1 aromatic rings. The molecule has 0 radical (unpaired) electrons. The van der Waals surface area contributed by atoms with Crippen LogP contribution in [0.3, 0.4) is 0 Å². The third-order valence-electron chi connectivity index (χ3n) is 3.47. The fraction of sp³-hybridized carbons (Fsp3) is 0.533. The van der Waals surface area contributed by atoms with E-state index in [1.807, 2.05) is 0 Å². The van der Waals surface area contributed by atoms with Crippen molar-refractivity contribution in [3.8, 4) is 0 Å². The number of hydrogen-bond donors (Lipinski definition) is 2. The first-order valence-electron chi connectivity index (χ1n) is 7.00. The summed E-state index contributed by atoms with van der Waals surface area (Å²) < 4.78 is 13.3. The van der Waals surface area contributed by atoms with E-state index in [4.69, 9.17) is 5.73 Å². The molecule has 3 N–H and O–H groups in total. The number of nitrogens with zero attached hydrogens (tertiary/aromatic N) is 1. The van der Waals surface area contributed by atoms with Crippen LogP contribution in [0.2, 0.25) is 0 Å². The minimum Gasteiger partial charge on any atom is -0.368 e. The first-order valence-corrected chi connectivity index (χ1v) is 7.00. The molecule has 0 heterocycles. The largest absolute Gasteiger partial charge is 0.368 e. The summed E-state index contributed by atoms with van der Waals surface area (Å²) in [7, 11) is 0. The van der Waals surface area contributed by atoms with Crippen molar-refractivity contribution in [1.82, 2.24) is 10.2 Å². The number of aryl methyl sites for hydroxylation is 1. The summed E-state index contributed by atoms with van der Waals surface area (Å²) in [5.74, 6) is -0.726. The van der Waals surface area contributed by atoms with Crippen molar-refractivity contribution < 1.29 is 9.18 Å². The van der Waals surface area contributed by atoms with Gasteiger partial charge < -0.3 is 16.0 Å². The van der Waals surface area contributed by atoms with Gasteiger partial charge in [0.05, 0.1) is 0 Å². The van der Waals surface area contributed by atoms with Gasteiger partial charge in [0.25, 0.3) is 0 Å². The molecule has 5 heteroatoms. The third kappa shape index (κ3) is 4.58. The van der Waals surface area contributed by atoms with E-state index in [9.17, 15) is 9.18 Å². The van der Waals surface area contributed by atoms with Crippen molar-refractivity contribution in [2.75, 3.05) is 26.2 Å². The number of benzene rings is 1. The second-order valence-corrected chi connectivity index (χ2v) is 4.83. The molecular formula is C15H24FN3O. The van der Waals surface area contributed by atoms with E-state index in [1.165, 1.54) is 6.07 Å². The minimum absolute atomic E-state index is 0.278. The van der Waals surface area contributed by atoms with Crippen LogP contribution < -0.4 is 11.1 Å². The molecular weight excluding hydrogens is 257 g/mol. The van der Waals surface area contributed by atoms with E-state index in [0.29, 0.717) is 17.7 Å². The highest BCUT2D eigenvalue weighted by Crippen LogP contribution is 2.16. The fourth-order valence-corrected chi connectivity index (χ4v) is 2.14. The van der Waals surface area contributed by atoms with Gasteiger partial charge in [-0.2, -0.15) is 0 Å². The van der Waals surface area contributed by atoms with E-state index in [2.05, 4.69) is 24.1 Å². The van der Waals surface area contributed by atoms with Crippen LogP contribution >= 0.6 is 0 Å². The normalized spacial score (nSPS) is 12.7. The Morgan fingerprint density at radius 1 is 1.40 bits per heavy atom. The quantitative estimate of drug-likeness (QED) is 0.761. The standard InChI is InChI=1S/C15H24FN3O/c1-4-19(5-2)9-8-18-14(15(17)20)12-6-7-13(16)11(3)10-12/h6-7,10,14,18H,4-5,8-9H2,1-3H3,(H2,17,20). The van der Waals surface area contributed by atoms with Crippen LogP contribution in [0.1, 0.15) is 31.0 Å². The number of halogens is 1. The third-order valence-corrected chi connectivity index (χ3v) is 3.47. The summed E-state index contributed by atoms with van der Waals surface area (Å²) in [5, 5.41) is 3.14. The zero-order chi connectivity index (χ0) is 15.1. The van der Waals surface area contributed by atoms with Crippen LogP contribution in [0.5, 0.6) is 0 Å². The van der Waals surface area contributed by atoms with Crippen LogP contribution in [0.25, 0.3) is 0 Å². The number of nitrogens with two attached hydrogens (primary N) is 1. The predicted octanol–water partition coefficient (Wildman–Crippen LogP) is 1.59. The molecule has 1 aromatic carbocycles. The minimum atomic E-state index is -0.579. The smallest absolute Gasteiger partial charge is 0.239 e. The van der Waals surface area contributed by atoms with Gasteiger partial charge in [-0.3, -0.25) is 4.79 Å². The molecule has 112 valence electrons. The van der Waals surface area contributed by atoms with Gasteiger partial charge in [-0.1, -0.05) is 26.0 Å². The summed E-state index contributed by atoms with van der Waals surface area (Å²) in [5.41, 5.74) is 6.65. The Balaban J connectivity index is 2.69. The summed E-state index contributed by atoms with van der Waals surface area (Å²) in [6.07, 6.45) is 0. The number of primary amides is 1. The van der Waals surface area contributed by atoms with Crippen molar-refractivity contribution in [3.63, 3.8) is 0 Å². The van der Waals surface area contributed by atoms with Crippen molar-refractivity contribution in [3.05, 3.63) is 35.1 Å². The van der Waals surface area contributed by atoms with Crippen LogP contribution in [-0.2, 0) is 4.79 Å². The maximum atomic E-state index is 13.3. The molecule has 1 unspecified atom stereocenters. The maximum absolute atomic E-state index is 13.3. The van der Waals surface area contributed by atoms with Gasteiger partial charge in [0.2, 0.25) is 5.91 Å². The first kappa shape index (κ1) is 16.6. The summed E-state index contributed by atoms with van der Waals surface area (Å²) in [4.78, 5) is 13.8. The van der Waals surface area contributed by atoms with Crippen LogP contribution in [0, 0.1) is 12.7 Å². The number of carbonyl (C=O) groups is 1. The van der Waals surface area contributed by atoms with Gasteiger partial charge in [0.15, 0.2) is 0 Å². The van der Waals surface area contributed by atoms with Gasteiger partial charge in [0.1, 0.15) is 11.9 Å². The van der Waals surface area contributed by atoms with Gasteiger partial charge in [-0.15, -0.1) is 0 Å². The second-order valence-electron chi connectivity index (χ2n) is 4.83. The van der Waals surface area contributed by atoms with E-state index in [-0.39, 0.29) is 5.82 Å². The SMILES string of the molecule is CCN(CC)CCNC(C(N)=O)c1ccc(F)c(C)c1. The van der Waals surface area contributed by atoms with Gasteiger partial charge in [-0.05, 0) is 37.2 Å². The van der Waals surface area contributed by atoms with Crippen molar-refractivity contribution in [2.24, 2.45) is 5.73 Å². The van der Waals surface area contributed by atoms with E-state index < -0.39 is 11.9 Å². The Bertz CT molecular complexity index is 447. The molecule has 0 aliphatic rings. The first-order chi connectivity index (χ1) is 9.49. The lowest BCUT2D eigenvalue weighted by molar-refractivity contribution is -0.120. The maximum Gasteiger partial charge on any atom is 0.239 e. The number of rotatable bonds is 8. The summed E-state index contributed by atoms with van der Waals surface area (Å²) in [6.45, 7) is 9.30. The second kappa shape index (κ2) is 7.97. The molecule has 4 nitrogen and oxygen atoms in total. The number of nitrogens with one attached hydrogen (secondary N) is 1. The molecule has 0 bridgehead atoms. The average molecular weight is 281 g/mol. The Morgan fingerprint density at radius 3 is 2.55 bits per heavy atom. The van der Waals surface area contributed by atoms with Crippen LogP contribution in [0.15, 0.2) is 18.2 Å². The number of likely N-dealkylation sites (N-methyl/N-ethyl adjacent to an activating group) is 1. The average Bonchev–Trinajstić information content (AvgIpc) is 2.42. The van der Waals surface area contributed by atoms with Gasteiger partial charge in [0, 0.05) is 13.1 Å². The lowest BCUT2D eigenvalue weighted by Gasteiger charge is -2.21. The molecule has 0 fully saturated rings. The van der Waals surface area contributed by atoms with E-state index in [0.717, 1.165) is 19.6 Å². The number of hydrogen-bond acceptors (Lipinski definition) is 3. The fourth-order valence-electron chi connectivity index (χ4n) is 2.14. The molecule has 1 atom stereocenters. The van der Waals surface area contributed by atoms with Crippen LogP contribution in [-0.4, -0.2) is 37.0 Å². The highest BCUT2D eigenvalue weighted by Gasteiger charge is 2.18. The van der Waals surface area contributed by atoms with E-state index in [1.54, 1.807) is 19.1 Å². The molecule has 1 amide bonds. The molecule has 1 rings (SSSR count). The van der Waals surface area contributed by atoms with Gasteiger partial charge >= 0.3 is 0 Å². The van der Waals surface area contributed by atoms with Crippen molar-refractivity contribution >= 4 is 5.91 Å². The van der Waals surface area contributed by atoms with Gasteiger partial charge in [-0.25, -0.2) is 4.39 Å². The Kier molecular flexibility index (Phi) is 6.61. The monoisotopic (exact) mass is 281 g/mol. The Hall–Kier alpha value is -1.46. The summed E-state index contributed by atoms with van der Waals surface area (Å²) >= 11 is 0. The Labute approximate surface area is 120 Å². The lowest BCUT2D eigenvalue weighted by Crippen LogP contribution is -2.38. The lowest BCUT2D eigenvalue weighted by atomic mass is 10.0. The molecule has 0 aromatic heterocycles. The zero-order valence-electron chi connectivity index (χ0n) is 12.4. The molecule has 0 saturated carbocycles. The summed E-state index contributed by atoms with van der Waals surface area (Å²) in [6, 6.07) is 4.05.